The van der Waals surface area contributed by atoms with Crippen molar-refractivity contribution in [1.82, 2.24) is 0 Å². The van der Waals surface area contributed by atoms with Gasteiger partial charge in [0.1, 0.15) is 13.2 Å². The monoisotopic (exact) mass is 351 g/mol. The highest BCUT2D eigenvalue weighted by Crippen LogP contribution is 2.30. The Morgan fingerprint density at radius 3 is 2.85 bits per heavy atom. The minimum atomic E-state index is -0.362. The van der Waals surface area contributed by atoms with Gasteiger partial charge in [-0.3, -0.25) is 4.79 Å². The van der Waals surface area contributed by atoms with E-state index in [1.54, 1.807) is 31.2 Å². The Bertz CT molecular complexity index is 887. The quantitative estimate of drug-likeness (QED) is 0.660. The molecule has 26 heavy (non-hydrogen) atoms. The fourth-order valence-electron chi connectivity index (χ4n) is 2.37. The molecule has 3 rings (SSSR count). The molecule has 0 spiro atoms. The van der Waals surface area contributed by atoms with Crippen LogP contribution >= 0.6 is 0 Å². The first kappa shape index (κ1) is 17.3. The molecule has 2 aromatic carbocycles. The van der Waals surface area contributed by atoms with E-state index in [0.717, 1.165) is 5.56 Å². The van der Waals surface area contributed by atoms with Gasteiger partial charge in [-0.15, -0.1) is 0 Å². The van der Waals surface area contributed by atoms with Crippen molar-refractivity contribution < 1.29 is 19.1 Å². The molecule has 0 aromatic heterocycles. The maximum Gasteiger partial charge on any atom is 0.265 e. The first-order valence-electron chi connectivity index (χ1n) is 8.02. The Kier molecular flexibility index (Phi) is 5.34. The number of nitriles is 1. The Morgan fingerprint density at radius 1 is 1.23 bits per heavy atom. The first-order valence-corrected chi connectivity index (χ1v) is 8.02. The zero-order chi connectivity index (χ0) is 18.4. The number of hydrogen-bond acceptors (Lipinski definition) is 6. The van der Waals surface area contributed by atoms with Gasteiger partial charge in [-0.25, -0.2) is 0 Å². The highest BCUT2D eigenvalue weighted by atomic mass is 16.6. The van der Waals surface area contributed by atoms with Gasteiger partial charge in [0.05, 0.1) is 17.3 Å². The van der Waals surface area contributed by atoms with Gasteiger partial charge in [-0.05, 0) is 43.3 Å². The average Bonchev–Trinajstić information content (AvgIpc) is 2.67. The number of ether oxygens (including phenoxy) is 2. The van der Waals surface area contributed by atoms with Crippen molar-refractivity contribution in [3.8, 4) is 17.6 Å². The molecule has 0 saturated carbocycles. The molecule has 1 aliphatic heterocycles. The number of nitrogens with zero attached hydrogens (tertiary/aromatic N) is 2. The van der Waals surface area contributed by atoms with Gasteiger partial charge in [0.2, 0.25) is 0 Å². The molecule has 1 aliphatic rings. The second kappa shape index (κ2) is 8.03. The summed E-state index contributed by atoms with van der Waals surface area (Å²) in [4.78, 5) is 17.0. The maximum atomic E-state index is 11.9. The predicted molar refractivity (Wildman–Crippen MR) is 95.4 cm³/mol. The van der Waals surface area contributed by atoms with E-state index in [2.05, 4.69) is 10.5 Å². The lowest BCUT2D eigenvalue weighted by molar-refractivity contribution is -0.120. The molecular weight excluding hydrogens is 334 g/mol. The number of nitrogens with one attached hydrogen (secondary N) is 1. The third-order valence-corrected chi connectivity index (χ3v) is 3.63. The molecule has 1 N–H and O–H groups in total. The van der Waals surface area contributed by atoms with Crippen molar-refractivity contribution >= 4 is 17.3 Å². The van der Waals surface area contributed by atoms with Crippen LogP contribution in [-0.2, 0) is 9.63 Å². The van der Waals surface area contributed by atoms with Crippen molar-refractivity contribution in [3.63, 3.8) is 0 Å². The van der Waals surface area contributed by atoms with Crippen molar-refractivity contribution in [2.24, 2.45) is 5.16 Å². The average molecular weight is 351 g/mol. The van der Waals surface area contributed by atoms with Crippen molar-refractivity contribution in [2.75, 3.05) is 25.1 Å². The molecule has 7 heteroatoms. The van der Waals surface area contributed by atoms with E-state index in [9.17, 15) is 4.79 Å². The number of fused-ring (bicyclic) bond motifs is 1. The van der Waals surface area contributed by atoms with Crippen LogP contribution in [0.4, 0.5) is 5.69 Å². The van der Waals surface area contributed by atoms with Crippen LogP contribution in [0.1, 0.15) is 18.1 Å². The molecule has 0 atom stereocenters. The molecule has 1 amide bonds. The maximum absolute atomic E-state index is 11.9. The van der Waals surface area contributed by atoms with E-state index in [4.69, 9.17) is 19.6 Å². The van der Waals surface area contributed by atoms with E-state index >= 15 is 0 Å². The van der Waals surface area contributed by atoms with Crippen LogP contribution in [0.25, 0.3) is 0 Å². The van der Waals surface area contributed by atoms with Crippen molar-refractivity contribution in [1.29, 1.82) is 5.26 Å². The summed E-state index contributed by atoms with van der Waals surface area (Å²) in [6.45, 7) is 2.59. The SMILES string of the molecule is CC(=NOCC(=O)Nc1cccc(C#N)c1)c1ccc2c(c1)OCCO2. The standard InChI is InChI=1S/C19H17N3O4/c1-13(15-5-6-17-18(10-15)25-8-7-24-17)22-26-12-19(23)21-16-4-2-3-14(9-16)11-20/h2-6,9-10H,7-8,12H2,1H3,(H,21,23). The van der Waals surface area contributed by atoms with E-state index in [1.807, 2.05) is 24.3 Å². The Hall–Kier alpha value is -3.53. The van der Waals surface area contributed by atoms with Crippen LogP contribution in [0.15, 0.2) is 47.6 Å². The summed E-state index contributed by atoms with van der Waals surface area (Å²) in [6.07, 6.45) is 0. The number of oxime groups is 1. The van der Waals surface area contributed by atoms with Crippen LogP contribution in [-0.4, -0.2) is 31.4 Å². The summed E-state index contributed by atoms with van der Waals surface area (Å²) in [5, 5.41) is 15.5. The lowest BCUT2D eigenvalue weighted by Gasteiger charge is -2.18. The van der Waals surface area contributed by atoms with Gasteiger partial charge in [-0.1, -0.05) is 11.2 Å². The lowest BCUT2D eigenvalue weighted by Crippen LogP contribution is -2.17. The molecule has 0 unspecified atom stereocenters. The largest absolute Gasteiger partial charge is 0.486 e. The molecule has 0 bridgehead atoms. The molecule has 7 nitrogen and oxygen atoms in total. The number of anilines is 1. The second-order valence-electron chi connectivity index (χ2n) is 5.55. The van der Waals surface area contributed by atoms with Gasteiger partial charge >= 0.3 is 0 Å². The molecule has 2 aromatic rings. The summed E-state index contributed by atoms with van der Waals surface area (Å²) in [5.74, 6) is 1.00. The number of amides is 1. The predicted octanol–water partition coefficient (Wildman–Crippen LogP) is 2.71. The Labute approximate surface area is 150 Å². The van der Waals surface area contributed by atoms with Gasteiger partial charge < -0.3 is 19.6 Å². The summed E-state index contributed by atoms with van der Waals surface area (Å²) < 4.78 is 11.0. The minimum absolute atomic E-state index is 0.237. The molecule has 0 radical (unpaired) electrons. The van der Waals surface area contributed by atoms with Crippen molar-refractivity contribution in [3.05, 3.63) is 53.6 Å². The normalized spacial score (nSPS) is 12.8. The van der Waals surface area contributed by atoms with E-state index < -0.39 is 0 Å². The number of carbonyl (C=O) groups is 1. The third-order valence-electron chi connectivity index (χ3n) is 3.63. The van der Waals surface area contributed by atoms with Gasteiger partial charge in [0.15, 0.2) is 18.1 Å². The van der Waals surface area contributed by atoms with Gasteiger partial charge in [0.25, 0.3) is 5.91 Å². The van der Waals surface area contributed by atoms with E-state index in [-0.39, 0.29) is 12.5 Å². The molecule has 0 saturated heterocycles. The summed E-state index contributed by atoms with van der Waals surface area (Å²) >= 11 is 0. The van der Waals surface area contributed by atoms with Gasteiger partial charge in [0, 0.05) is 11.3 Å². The van der Waals surface area contributed by atoms with Crippen LogP contribution < -0.4 is 14.8 Å². The third kappa shape index (κ3) is 4.30. The molecule has 1 heterocycles. The molecule has 0 aliphatic carbocycles. The topological polar surface area (TPSA) is 92.9 Å². The fraction of sp³-hybridized carbons (Fsp3) is 0.211. The second-order valence-corrected chi connectivity index (χ2v) is 5.55. The molecular formula is C19H17N3O4. The van der Waals surface area contributed by atoms with E-state index in [1.165, 1.54) is 0 Å². The van der Waals surface area contributed by atoms with Crippen LogP contribution in [0.3, 0.4) is 0 Å². The Morgan fingerprint density at radius 2 is 2.04 bits per heavy atom. The molecule has 132 valence electrons. The molecule has 0 fully saturated rings. The number of rotatable bonds is 5. The smallest absolute Gasteiger partial charge is 0.265 e. The lowest BCUT2D eigenvalue weighted by atomic mass is 10.1. The van der Waals surface area contributed by atoms with Gasteiger partial charge in [-0.2, -0.15) is 5.26 Å². The van der Waals surface area contributed by atoms with E-state index in [0.29, 0.717) is 41.7 Å². The number of carbonyl (C=O) groups excluding carboxylic acids is 1. The Balaban J connectivity index is 1.56. The zero-order valence-corrected chi connectivity index (χ0v) is 14.2. The van der Waals surface area contributed by atoms with Crippen LogP contribution in [0, 0.1) is 11.3 Å². The summed E-state index contributed by atoms with van der Waals surface area (Å²) in [7, 11) is 0. The fourth-order valence-corrected chi connectivity index (χ4v) is 2.37. The highest BCUT2D eigenvalue weighted by molar-refractivity contribution is 5.99. The summed E-state index contributed by atoms with van der Waals surface area (Å²) in [5.41, 5.74) is 2.43. The van der Waals surface area contributed by atoms with Crippen LogP contribution in [0.5, 0.6) is 11.5 Å². The van der Waals surface area contributed by atoms with Crippen LogP contribution in [0.2, 0.25) is 0 Å². The van der Waals surface area contributed by atoms with Crippen molar-refractivity contribution in [2.45, 2.75) is 6.92 Å². The zero-order valence-electron chi connectivity index (χ0n) is 14.2. The summed E-state index contributed by atoms with van der Waals surface area (Å²) in [6, 6.07) is 14.1. The first-order chi connectivity index (χ1) is 12.7. The minimum Gasteiger partial charge on any atom is -0.486 e. The highest BCUT2D eigenvalue weighted by Gasteiger charge is 2.13. The number of benzene rings is 2. The number of hydrogen-bond donors (Lipinski definition) is 1.